The number of imidazole rings is 1. The van der Waals surface area contributed by atoms with Gasteiger partial charge in [-0.15, -0.1) is 0 Å². The number of aromatic nitrogens is 2. The molecular formula is C24H40N2O6S2. The zero-order valence-corrected chi connectivity index (χ0v) is 21.9. The highest BCUT2D eigenvalue weighted by Crippen LogP contribution is 2.28. The van der Waals surface area contributed by atoms with E-state index in [2.05, 4.69) is 16.9 Å². The van der Waals surface area contributed by atoms with Crippen molar-refractivity contribution >= 4 is 31.3 Å². The molecule has 1 aromatic heterocycles. The Morgan fingerprint density at radius 3 is 1.62 bits per heavy atom. The summed E-state index contributed by atoms with van der Waals surface area (Å²) < 4.78 is 65.5. The zero-order valence-electron chi connectivity index (χ0n) is 20.3. The zero-order chi connectivity index (χ0) is 25.0. The Morgan fingerprint density at radius 2 is 1.18 bits per heavy atom. The molecule has 0 bridgehead atoms. The first-order valence-electron chi connectivity index (χ1n) is 12.6. The summed E-state index contributed by atoms with van der Waals surface area (Å²) in [6.07, 6.45) is 18.9. The molecule has 0 amide bonds. The number of fused-ring (bicyclic) bond motifs is 1. The lowest BCUT2D eigenvalue weighted by molar-refractivity contribution is 0.474. The van der Waals surface area contributed by atoms with Crippen LogP contribution in [0.4, 0.5) is 0 Å². The smallest absolute Gasteiger partial charge is 0.327 e. The van der Waals surface area contributed by atoms with E-state index < -0.39 is 30.3 Å². The van der Waals surface area contributed by atoms with E-state index in [1.165, 1.54) is 76.7 Å². The molecule has 0 aliphatic carbocycles. The van der Waals surface area contributed by atoms with Crippen molar-refractivity contribution in [3.8, 4) is 0 Å². The molecular weight excluding hydrogens is 476 g/mol. The first kappa shape index (κ1) is 28.7. The lowest BCUT2D eigenvalue weighted by Gasteiger charge is -2.08. The molecule has 3 N–H and O–H groups in total. The molecule has 1 heterocycles. The summed E-state index contributed by atoms with van der Waals surface area (Å²) in [5, 5.41) is -0.753. The minimum Gasteiger partial charge on any atom is -0.327 e. The number of hydrogen-bond donors (Lipinski definition) is 3. The van der Waals surface area contributed by atoms with Gasteiger partial charge in [0.1, 0.15) is 10.4 Å². The topological polar surface area (TPSA) is 137 Å². The highest BCUT2D eigenvalue weighted by molar-refractivity contribution is 7.86. The highest BCUT2D eigenvalue weighted by Gasteiger charge is 2.24. The maximum Gasteiger partial charge on any atom is 0.328 e. The Labute approximate surface area is 204 Å². The van der Waals surface area contributed by atoms with Crippen LogP contribution in [0.1, 0.15) is 109 Å². The molecule has 8 nitrogen and oxygen atoms in total. The summed E-state index contributed by atoms with van der Waals surface area (Å²) in [6, 6.07) is 3.05. The van der Waals surface area contributed by atoms with Gasteiger partial charge in [0.2, 0.25) is 0 Å². The molecule has 0 saturated carbocycles. The van der Waals surface area contributed by atoms with Crippen LogP contribution in [-0.4, -0.2) is 35.9 Å². The molecule has 194 valence electrons. The Hall–Kier alpha value is -1.49. The molecule has 0 aliphatic rings. The second-order valence-electron chi connectivity index (χ2n) is 9.14. The van der Waals surface area contributed by atoms with Gasteiger partial charge >= 0.3 is 10.1 Å². The predicted molar refractivity (Wildman–Crippen MR) is 134 cm³/mol. The predicted octanol–water partition coefficient (Wildman–Crippen LogP) is 6.47. The molecule has 2 rings (SSSR count). The first-order chi connectivity index (χ1) is 16.1. The van der Waals surface area contributed by atoms with Crippen molar-refractivity contribution in [2.75, 3.05) is 0 Å². The molecule has 0 atom stereocenters. The Kier molecular flexibility index (Phi) is 12.0. The number of hydrogen-bond acceptors (Lipinski definition) is 5. The van der Waals surface area contributed by atoms with Crippen LogP contribution in [0, 0.1) is 0 Å². The number of aromatic amines is 1. The van der Waals surface area contributed by atoms with Crippen molar-refractivity contribution in [3.63, 3.8) is 0 Å². The van der Waals surface area contributed by atoms with E-state index >= 15 is 0 Å². The van der Waals surface area contributed by atoms with Crippen LogP contribution in [0.3, 0.4) is 0 Å². The molecule has 0 unspecified atom stereocenters. The summed E-state index contributed by atoms with van der Waals surface area (Å²) in [6.45, 7) is 2.24. The van der Waals surface area contributed by atoms with Gasteiger partial charge in [-0.1, -0.05) is 103 Å². The number of nitrogens with zero attached hydrogens (tertiary/aromatic N) is 1. The lowest BCUT2D eigenvalue weighted by atomic mass is 10.0. The molecule has 1 aromatic carbocycles. The number of benzene rings is 1. The van der Waals surface area contributed by atoms with Gasteiger partial charge in [-0.2, -0.15) is 16.8 Å². The fourth-order valence-electron chi connectivity index (χ4n) is 4.36. The summed E-state index contributed by atoms with van der Waals surface area (Å²) in [5.41, 5.74) is 0.312. The third-order valence-electron chi connectivity index (χ3n) is 6.22. The molecule has 34 heavy (non-hydrogen) atoms. The van der Waals surface area contributed by atoms with Crippen LogP contribution in [0.15, 0.2) is 22.2 Å². The normalized spacial score (nSPS) is 12.6. The van der Waals surface area contributed by atoms with Crippen molar-refractivity contribution in [3.05, 3.63) is 17.7 Å². The average molecular weight is 517 g/mol. The van der Waals surface area contributed by atoms with E-state index in [-0.39, 0.29) is 11.0 Å². The van der Waals surface area contributed by atoms with Crippen LogP contribution < -0.4 is 0 Å². The fourth-order valence-corrected chi connectivity index (χ4v) is 5.71. The van der Waals surface area contributed by atoms with E-state index in [1.807, 2.05) is 0 Å². The summed E-state index contributed by atoms with van der Waals surface area (Å²) in [5.74, 6) is 0. The van der Waals surface area contributed by atoms with Crippen LogP contribution >= 0.6 is 0 Å². The van der Waals surface area contributed by atoms with Crippen LogP contribution in [0.2, 0.25) is 0 Å². The van der Waals surface area contributed by atoms with Gasteiger partial charge in [-0.3, -0.25) is 9.11 Å². The minimum absolute atomic E-state index is 0.112. The van der Waals surface area contributed by atoms with Crippen molar-refractivity contribution in [1.29, 1.82) is 0 Å². The Bertz CT molecular complexity index is 1090. The molecule has 0 aliphatic heterocycles. The maximum atomic E-state index is 12.0. The molecule has 0 fully saturated rings. The Balaban J connectivity index is 1.70. The molecule has 10 heteroatoms. The van der Waals surface area contributed by atoms with Gasteiger partial charge in [0.25, 0.3) is 15.3 Å². The van der Waals surface area contributed by atoms with E-state index in [9.17, 15) is 25.9 Å². The van der Waals surface area contributed by atoms with Gasteiger partial charge in [0.05, 0.1) is 5.52 Å². The van der Waals surface area contributed by atoms with Crippen LogP contribution in [-0.2, 0) is 26.7 Å². The van der Waals surface area contributed by atoms with Crippen molar-refractivity contribution < 1.29 is 25.9 Å². The van der Waals surface area contributed by atoms with Gasteiger partial charge in [0, 0.05) is 0 Å². The molecule has 0 saturated heterocycles. The largest absolute Gasteiger partial charge is 0.328 e. The van der Waals surface area contributed by atoms with E-state index in [1.54, 1.807) is 6.07 Å². The summed E-state index contributed by atoms with van der Waals surface area (Å²) in [7, 11) is -9.25. The third-order valence-corrected chi connectivity index (χ3v) is 7.87. The minimum atomic E-state index is -4.63. The number of H-pyrrole nitrogens is 1. The van der Waals surface area contributed by atoms with Gasteiger partial charge < -0.3 is 4.98 Å². The molecule has 0 radical (unpaired) electrons. The van der Waals surface area contributed by atoms with Gasteiger partial charge in [-0.25, -0.2) is 4.98 Å². The Morgan fingerprint density at radius 1 is 0.706 bits per heavy atom. The number of aryl methyl sites for hydroxylation is 1. The maximum absolute atomic E-state index is 12.0. The monoisotopic (exact) mass is 516 g/mol. The van der Waals surface area contributed by atoms with Gasteiger partial charge in [-0.05, 0) is 24.5 Å². The highest BCUT2D eigenvalue weighted by atomic mass is 32.2. The standard InChI is InChI=1S/C24H40N2O6S2/c1-2-3-4-5-6-7-8-9-10-11-12-13-14-15-16-17-20-18-19-21-22(23(20)33(27,28)29)26-24(25-21)34(30,31)32/h18-19H,2-17H2,1H3,(H,25,26)(H,27,28,29)(H,30,31,32). The van der Waals surface area contributed by atoms with Crippen molar-refractivity contribution in [2.24, 2.45) is 0 Å². The van der Waals surface area contributed by atoms with E-state index in [0.717, 1.165) is 25.7 Å². The average Bonchev–Trinajstić information content (AvgIpc) is 3.20. The molecule has 2 aromatic rings. The third kappa shape index (κ3) is 9.64. The number of rotatable bonds is 18. The number of nitrogens with one attached hydrogen (secondary N) is 1. The van der Waals surface area contributed by atoms with Crippen LogP contribution in [0.5, 0.6) is 0 Å². The van der Waals surface area contributed by atoms with Crippen LogP contribution in [0.25, 0.3) is 11.0 Å². The van der Waals surface area contributed by atoms with E-state index in [0.29, 0.717) is 12.0 Å². The van der Waals surface area contributed by atoms with E-state index in [4.69, 9.17) is 0 Å². The van der Waals surface area contributed by atoms with Gasteiger partial charge in [0.15, 0.2) is 0 Å². The second kappa shape index (κ2) is 14.2. The summed E-state index contributed by atoms with van der Waals surface area (Å²) >= 11 is 0. The quantitative estimate of drug-likeness (QED) is 0.152. The fraction of sp³-hybridized carbons (Fsp3) is 0.708. The lowest BCUT2D eigenvalue weighted by Crippen LogP contribution is -2.05. The second-order valence-corrected chi connectivity index (χ2v) is 11.8. The summed E-state index contributed by atoms with van der Waals surface area (Å²) in [4.78, 5) is 5.67. The molecule has 0 spiro atoms. The van der Waals surface area contributed by atoms with Crippen molar-refractivity contribution in [2.45, 2.75) is 120 Å². The SMILES string of the molecule is CCCCCCCCCCCCCCCCCc1ccc2[nH]c(S(=O)(=O)O)nc2c1S(=O)(=O)O. The first-order valence-corrected chi connectivity index (χ1v) is 15.5. The number of unbranched alkanes of at least 4 members (excludes halogenated alkanes) is 14. The van der Waals surface area contributed by atoms with Crippen molar-refractivity contribution in [1.82, 2.24) is 9.97 Å².